The summed E-state index contributed by atoms with van der Waals surface area (Å²) in [6.07, 6.45) is -1.44. The molecule has 24 heavy (non-hydrogen) atoms. The number of rotatable bonds is 6. The lowest BCUT2D eigenvalue weighted by atomic mass is 10.2. The number of carbonyl (C=O) groups is 3. The zero-order chi connectivity index (χ0) is 17.9. The van der Waals surface area contributed by atoms with Crippen molar-refractivity contribution < 1.29 is 28.8 Å². The molecular weight excluding hydrogens is 388 g/mol. The Kier molecular flexibility index (Phi) is 5.50. The van der Waals surface area contributed by atoms with E-state index in [9.17, 15) is 24.5 Å². The van der Waals surface area contributed by atoms with Crippen LogP contribution in [0.2, 0.25) is 0 Å². The Morgan fingerprint density at radius 2 is 2.04 bits per heavy atom. The number of ether oxygens (including phenoxy) is 2. The fraction of sp³-hybridized carbons (Fsp3) is 0.357. The average Bonchev–Trinajstić information content (AvgIpc) is 2.55. The van der Waals surface area contributed by atoms with Gasteiger partial charge in [0.2, 0.25) is 5.91 Å². The summed E-state index contributed by atoms with van der Waals surface area (Å²) >= 11 is 3.10. The minimum absolute atomic E-state index is 0.0857. The summed E-state index contributed by atoms with van der Waals surface area (Å²) in [6.45, 7) is 1.16. The Balaban J connectivity index is 1.98. The first-order chi connectivity index (χ1) is 11.3. The normalized spacial score (nSPS) is 17.7. The molecule has 128 valence electrons. The van der Waals surface area contributed by atoms with Gasteiger partial charge in [-0.25, -0.2) is 4.79 Å². The third kappa shape index (κ3) is 4.07. The highest BCUT2D eigenvalue weighted by molar-refractivity contribution is 9.10. The van der Waals surface area contributed by atoms with E-state index in [1.165, 1.54) is 24.3 Å². The number of hydrogen-bond donors (Lipinski definition) is 0. The molecule has 0 bridgehead atoms. The molecule has 0 aromatic heterocycles. The first-order valence-corrected chi connectivity index (χ1v) is 7.73. The van der Waals surface area contributed by atoms with Gasteiger partial charge in [-0.3, -0.25) is 24.6 Å². The van der Waals surface area contributed by atoms with E-state index >= 15 is 0 Å². The van der Waals surface area contributed by atoms with Gasteiger partial charge < -0.3 is 9.47 Å². The zero-order valence-corrected chi connectivity index (χ0v) is 14.1. The molecule has 1 saturated heterocycles. The molecule has 2 rings (SSSR count). The first-order valence-electron chi connectivity index (χ1n) is 6.81. The molecule has 1 heterocycles. The second-order valence-electron chi connectivity index (χ2n) is 4.95. The second kappa shape index (κ2) is 7.39. The molecule has 1 amide bonds. The Hall–Kier alpha value is -2.49. The first kappa shape index (κ1) is 17.9. The molecule has 1 aromatic carbocycles. The number of nitrogens with zero attached hydrogens (tertiary/aromatic N) is 2. The average molecular weight is 401 g/mol. The molecule has 1 aromatic rings. The second-order valence-corrected chi connectivity index (χ2v) is 6.06. The van der Waals surface area contributed by atoms with Crippen molar-refractivity contribution in [3.8, 4) is 0 Å². The smallest absolute Gasteiger partial charge is 0.369 e. The Morgan fingerprint density at radius 1 is 1.42 bits per heavy atom. The highest BCUT2D eigenvalue weighted by Gasteiger charge is 2.44. The zero-order valence-electron chi connectivity index (χ0n) is 12.5. The van der Waals surface area contributed by atoms with Crippen molar-refractivity contribution in [3.63, 3.8) is 0 Å². The van der Waals surface area contributed by atoms with Crippen LogP contribution in [0.25, 0.3) is 0 Å². The van der Waals surface area contributed by atoms with E-state index in [0.717, 1.165) is 11.8 Å². The molecule has 10 heteroatoms. The summed E-state index contributed by atoms with van der Waals surface area (Å²) in [4.78, 5) is 45.6. The summed E-state index contributed by atoms with van der Waals surface area (Å²) in [7, 11) is 0. The van der Waals surface area contributed by atoms with Crippen LogP contribution in [0.4, 0.5) is 5.69 Å². The molecule has 2 atom stereocenters. The number of alkyl halides is 1. The van der Waals surface area contributed by atoms with Crippen LogP contribution in [0, 0.1) is 10.1 Å². The highest BCUT2D eigenvalue weighted by atomic mass is 79.9. The number of hydrogen-bond acceptors (Lipinski definition) is 7. The number of nitro benzene ring substituents is 1. The summed E-state index contributed by atoms with van der Waals surface area (Å²) < 4.78 is 9.89. The van der Waals surface area contributed by atoms with Gasteiger partial charge in [-0.05, 0) is 17.7 Å². The van der Waals surface area contributed by atoms with Crippen LogP contribution in [0.5, 0.6) is 0 Å². The third-order valence-electron chi connectivity index (χ3n) is 3.20. The molecule has 1 fully saturated rings. The molecule has 0 saturated carbocycles. The molecule has 0 aliphatic carbocycles. The highest BCUT2D eigenvalue weighted by Crippen LogP contribution is 2.23. The van der Waals surface area contributed by atoms with Crippen molar-refractivity contribution in [1.82, 2.24) is 4.90 Å². The Labute approximate surface area is 144 Å². The monoisotopic (exact) mass is 400 g/mol. The van der Waals surface area contributed by atoms with Crippen molar-refractivity contribution in [1.29, 1.82) is 0 Å². The van der Waals surface area contributed by atoms with Crippen molar-refractivity contribution in [2.24, 2.45) is 0 Å². The molecule has 2 unspecified atom stereocenters. The molecule has 1 aliphatic heterocycles. The Morgan fingerprint density at radius 3 is 2.50 bits per heavy atom. The maximum absolute atomic E-state index is 12.1. The van der Waals surface area contributed by atoms with Crippen LogP contribution in [-0.4, -0.2) is 45.3 Å². The molecule has 0 radical (unpaired) electrons. The van der Waals surface area contributed by atoms with Gasteiger partial charge in [0.1, 0.15) is 11.4 Å². The molecule has 9 nitrogen and oxygen atoms in total. The molecular formula is C14H13BrN2O7. The van der Waals surface area contributed by atoms with Crippen molar-refractivity contribution >= 4 is 39.5 Å². The van der Waals surface area contributed by atoms with E-state index in [1.54, 1.807) is 0 Å². The van der Waals surface area contributed by atoms with Crippen LogP contribution in [0.1, 0.15) is 12.5 Å². The number of likely N-dealkylation sites (tertiary alicyclic amines) is 1. The topological polar surface area (TPSA) is 116 Å². The minimum Gasteiger partial charge on any atom is -0.457 e. The minimum atomic E-state index is -1.44. The van der Waals surface area contributed by atoms with Gasteiger partial charge in [-0.2, -0.15) is 0 Å². The summed E-state index contributed by atoms with van der Waals surface area (Å²) in [5.41, 5.74) is 0.432. The fourth-order valence-corrected chi connectivity index (χ4v) is 2.53. The van der Waals surface area contributed by atoms with Crippen LogP contribution in [-0.2, 0) is 30.5 Å². The van der Waals surface area contributed by atoms with Crippen molar-refractivity contribution in [3.05, 3.63) is 39.9 Å². The lowest BCUT2D eigenvalue weighted by Gasteiger charge is -2.38. The molecule has 1 aliphatic rings. The van der Waals surface area contributed by atoms with Gasteiger partial charge in [0.15, 0.2) is 0 Å². The SMILES string of the molecule is CC(=O)OC(C(=O)OCc1ccc([N+](=O)[O-])cc1)N1CC(Br)C1=O. The predicted molar refractivity (Wildman–Crippen MR) is 82.9 cm³/mol. The van der Waals surface area contributed by atoms with Crippen LogP contribution in [0.3, 0.4) is 0 Å². The predicted octanol–water partition coefficient (Wildman–Crippen LogP) is 1.13. The summed E-state index contributed by atoms with van der Waals surface area (Å²) in [6, 6.07) is 5.44. The van der Waals surface area contributed by atoms with Gasteiger partial charge in [-0.15, -0.1) is 0 Å². The third-order valence-corrected chi connectivity index (χ3v) is 3.88. The van der Waals surface area contributed by atoms with Gasteiger partial charge in [0.25, 0.3) is 11.9 Å². The maximum Gasteiger partial charge on any atom is 0.369 e. The van der Waals surface area contributed by atoms with Gasteiger partial charge in [0.05, 0.1) is 4.92 Å². The number of halogens is 1. The van der Waals surface area contributed by atoms with Gasteiger partial charge >= 0.3 is 11.9 Å². The van der Waals surface area contributed by atoms with E-state index in [0.29, 0.717) is 5.56 Å². The lowest BCUT2D eigenvalue weighted by molar-refractivity contribution is -0.384. The van der Waals surface area contributed by atoms with Gasteiger partial charge in [-0.1, -0.05) is 15.9 Å². The summed E-state index contributed by atoms with van der Waals surface area (Å²) in [5.74, 6) is -2.00. The molecule has 0 N–H and O–H groups in total. The standard InChI is InChI=1S/C14H13BrN2O7/c1-8(18)24-13(16-6-11(15)12(16)19)14(20)23-7-9-2-4-10(5-3-9)17(21)22/h2-5,11,13H,6-7H2,1H3. The van der Waals surface area contributed by atoms with Crippen LogP contribution in [0.15, 0.2) is 24.3 Å². The van der Waals surface area contributed by atoms with E-state index in [-0.39, 0.29) is 24.7 Å². The Bertz CT molecular complexity index is 676. The quantitative estimate of drug-likeness (QED) is 0.231. The number of benzene rings is 1. The number of nitro groups is 1. The number of esters is 2. The molecule has 0 spiro atoms. The van der Waals surface area contributed by atoms with Gasteiger partial charge in [0, 0.05) is 25.6 Å². The van der Waals surface area contributed by atoms with Crippen LogP contribution < -0.4 is 0 Å². The summed E-state index contributed by atoms with van der Waals surface area (Å²) in [5, 5.41) is 10.6. The number of non-ortho nitro benzene ring substituents is 1. The number of amides is 1. The lowest BCUT2D eigenvalue weighted by Crippen LogP contribution is -2.61. The van der Waals surface area contributed by atoms with E-state index in [2.05, 4.69) is 15.9 Å². The number of carbonyl (C=O) groups excluding carboxylic acids is 3. The van der Waals surface area contributed by atoms with Crippen LogP contribution >= 0.6 is 15.9 Å². The van der Waals surface area contributed by atoms with Crippen molar-refractivity contribution in [2.45, 2.75) is 24.6 Å². The largest absolute Gasteiger partial charge is 0.457 e. The van der Waals surface area contributed by atoms with E-state index < -0.39 is 27.9 Å². The maximum atomic E-state index is 12.1. The van der Waals surface area contributed by atoms with E-state index in [4.69, 9.17) is 9.47 Å². The fourth-order valence-electron chi connectivity index (χ4n) is 1.96. The number of β-lactam (4-membered cyclic amide) rings is 1. The van der Waals surface area contributed by atoms with E-state index in [1.807, 2.05) is 0 Å². The van der Waals surface area contributed by atoms with Crippen molar-refractivity contribution in [2.75, 3.05) is 6.54 Å².